The number of rotatable bonds is 1. The lowest BCUT2D eigenvalue weighted by molar-refractivity contribution is 0.327. The van der Waals surface area contributed by atoms with Crippen molar-refractivity contribution in [1.82, 2.24) is 4.98 Å². The number of pyridine rings is 1. The van der Waals surface area contributed by atoms with Gasteiger partial charge < -0.3 is 4.74 Å². The van der Waals surface area contributed by atoms with Crippen LogP contribution in [0, 0.1) is 0 Å². The zero-order chi connectivity index (χ0) is 10.3. The van der Waals surface area contributed by atoms with E-state index in [1.807, 2.05) is 6.92 Å². The molecule has 14 heavy (non-hydrogen) atoms. The monoisotopic (exact) mass is 233 g/mol. The molecule has 2 heterocycles. The third-order valence-electron chi connectivity index (χ3n) is 2.14. The topological polar surface area (TPSA) is 56.3 Å². The molecule has 0 spiro atoms. The van der Waals surface area contributed by atoms with Gasteiger partial charge in [0.05, 0.1) is 12.8 Å². The summed E-state index contributed by atoms with van der Waals surface area (Å²) in [4.78, 5) is 3.91. The van der Waals surface area contributed by atoms with E-state index in [1.54, 1.807) is 0 Å². The summed E-state index contributed by atoms with van der Waals surface area (Å²) in [5, 5.41) is 0. The van der Waals surface area contributed by atoms with Crippen LogP contribution in [-0.4, -0.2) is 20.0 Å². The third-order valence-corrected chi connectivity index (χ3v) is 3.46. The predicted octanol–water partition coefficient (Wildman–Crippen LogP) is 1.50. The Labute approximate surface area is 86.3 Å². The van der Waals surface area contributed by atoms with Gasteiger partial charge in [0.2, 0.25) is 5.88 Å². The standard InChI is InChI=1S/C8H8ClNO3S/c1-5-4-13-8-7(5)2-6(3-10-8)14(9,11)12/h2-3,5H,4H2,1H3. The molecule has 0 fully saturated rings. The SMILES string of the molecule is CC1COc2ncc(S(=O)(=O)Cl)cc21. The van der Waals surface area contributed by atoms with E-state index in [0.717, 1.165) is 5.56 Å². The summed E-state index contributed by atoms with van der Waals surface area (Å²) >= 11 is 0. The van der Waals surface area contributed by atoms with E-state index in [4.69, 9.17) is 15.4 Å². The van der Waals surface area contributed by atoms with E-state index in [1.165, 1.54) is 12.3 Å². The fourth-order valence-electron chi connectivity index (χ4n) is 1.35. The summed E-state index contributed by atoms with van der Waals surface area (Å²) in [5.41, 5.74) is 0.798. The summed E-state index contributed by atoms with van der Waals surface area (Å²) < 4.78 is 27.3. The summed E-state index contributed by atoms with van der Waals surface area (Å²) in [6.07, 6.45) is 1.21. The lowest BCUT2D eigenvalue weighted by atomic mass is 10.1. The summed E-state index contributed by atoms with van der Waals surface area (Å²) in [5.74, 6) is 0.664. The van der Waals surface area contributed by atoms with E-state index < -0.39 is 9.05 Å². The van der Waals surface area contributed by atoms with Crippen molar-refractivity contribution < 1.29 is 13.2 Å². The highest BCUT2D eigenvalue weighted by Crippen LogP contribution is 2.33. The van der Waals surface area contributed by atoms with Crippen LogP contribution >= 0.6 is 10.7 Å². The molecular formula is C8H8ClNO3S. The number of aromatic nitrogens is 1. The van der Waals surface area contributed by atoms with Crippen LogP contribution in [-0.2, 0) is 9.05 Å². The van der Waals surface area contributed by atoms with Gasteiger partial charge in [0.15, 0.2) is 0 Å². The van der Waals surface area contributed by atoms with Gasteiger partial charge >= 0.3 is 0 Å². The number of fused-ring (bicyclic) bond motifs is 1. The van der Waals surface area contributed by atoms with E-state index in [9.17, 15) is 8.42 Å². The van der Waals surface area contributed by atoms with Crippen LogP contribution in [0.15, 0.2) is 17.2 Å². The second-order valence-electron chi connectivity index (χ2n) is 3.22. The van der Waals surface area contributed by atoms with Crippen LogP contribution in [0.4, 0.5) is 0 Å². The quantitative estimate of drug-likeness (QED) is 0.690. The molecule has 0 saturated heterocycles. The van der Waals surface area contributed by atoms with Gasteiger partial charge in [-0.3, -0.25) is 0 Å². The number of halogens is 1. The summed E-state index contributed by atoms with van der Waals surface area (Å²) in [6.45, 7) is 2.48. The molecule has 1 aliphatic rings. The Morgan fingerprint density at radius 2 is 2.36 bits per heavy atom. The Bertz CT molecular complexity index is 471. The van der Waals surface area contributed by atoms with E-state index >= 15 is 0 Å². The molecule has 2 rings (SSSR count). The molecule has 1 aliphatic heterocycles. The zero-order valence-corrected chi connectivity index (χ0v) is 8.97. The van der Waals surface area contributed by atoms with Gasteiger partial charge in [-0.05, 0) is 6.07 Å². The van der Waals surface area contributed by atoms with Gasteiger partial charge in [0.1, 0.15) is 4.90 Å². The van der Waals surface area contributed by atoms with Crippen molar-refractivity contribution in [1.29, 1.82) is 0 Å². The highest BCUT2D eigenvalue weighted by molar-refractivity contribution is 8.13. The molecule has 1 aromatic rings. The average Bonchev–Trinajstić information content (AvgIpc) is 2.46. The van der Waals surface area contributed by atoms with Crippen molar-refractivity contribution in [3.63, 3.8) is 0 Å². The first-order valence-electron chi connectivity index (χ1n) is 4.06. The van der Waals surface area contributed by atoms with E-state index in [-0.39, 0.29) is 10.8 Å². The molecule has 0 aromatic carbocycles. The van der Waals surface area contributed by atoms with E-state index in [2.05, 4.69) is 4.98 Å². The van der Waals surface area contributed by atoms with Crippen LogP contribution in [0.5, 0.6) is 5.88 Å². The van der Waals surface area contributed by atoms with E-state index in [0.29, 0.717) is 12.5 Å². The maximum atomic E-state index is 11.0. The lowest BCUT2D eigenvalue weighted by Crippen LogP contribution is -1.95. The number of nitrogens with zero attached hydrogens (tertiary/aromatic N) is 1. The third kappa shape index (κ3) is 1.57. The Kier molecular flexibility index (Phi) is 2.16. The molecule has 0 aliphatic carbocycles. The van der Waals surface area contributed by atoms with Gasteiger partial charge in [-0.25, -0.2) is 13.4 Å². The predicted molar refractivity (Wildman–Crippen MR) is 51.2 cm³/mol. The summed E-state index contributed by atoms with van der Waals surface area (Å²) in [7, 11) is 1.51. The van der Waals surface area contributed by atoms with Gasteiger partial charge in [-0.2, -0.15) is 0 Å². The first-order chi connectivity index (χ1) is 6.48. The molecular weight excluding hydrogens is 226 g/mol. The fraction of sp³-hybridized carbons (Fsp3) is 0.375. The first kappa shape index (κ1) is 9.73. The minimum atomic E-state index is -3.69. The molecule has 1 atom stereocenters. The largest absolute Gasteiger partial charge is 0.477 e. The van der Waals surface area contributed by atoms with Crippen LogP contribution < -0.4 is 4.74 Å². The lowest BCUT2D eigenvalue weighted by Gasteiger charge is -2.01. The van der Waals surface area contributed by atoms with Crippen LogP contribution in [0.2, 0.25) is 0 Å². The molecule has 4 nitrogen and oxygen atoms in total. The normalized spacial score (nSPS) is 20.3. The fourth-order valence-corrected chi connectivity index (χ4v) is 2.05. The van der Waals surface area contributed by atoms with Crippen molar-refractivity contribution >= 4 is 19.7 Å². The number of hydrogen-bond acceptors (Lipinski definition) is 4. The van der Waals surface area contributed by atoms with Gasteiger partial charge in [-0.15, -0.1) is 0 Å². The van der Waals surface area contributed by atoms with Crippen molar-refractivity contribution in [2.45, 2.75) is 17.7 Å². The van der Waals surface area contributed by atoms with Crippen molar-refractivity contribution in [3.8, 4) is 5.88 Å². The summed E-state index contributed by atoms with van der Waals surface area (Å²) in [6, 6.07) is 1.52. The maximum absolute atomic E-state index is 11.0. The maximum Gasteiger partial charge on any atom is 0.262 e. The minimum Gasteiger partial charge on any atom is -0.477 e. The van der Waals surface area contributed by atoms with Crippen LogP contribution in [0.25, 0.3) is 0 Å². The molecule has 0 N–H and O–H groups in total. The van der Waals surface area contributed by atoms with Gasteiger partial charge in [0.25, 0.3) is 9.05 Å². The Hall–Kier alpha value is -0.810. The Morgan fingerprint density at radius 3 is 3.00 bits per heavy atom. The first-order valence-corrected chi connectivity index (χ1v) is 6.37. The molecule has 0 bridgehead atoms. The Morgan fingerprint density at radius 1 is 1.64 bits per heavy atom. The second kappa shape index (κ2) is 3.10. The minimum absolute atomic E-state index is 0.0234. The van der Waals surface area contributed by atoms with Crippen molar-refractivity contribution in [3.05, 3.63) is 17.8 Å². The molecule has 6 heteroatoms. The second-order valence-corrected chi connectivity index (χ2v) is 5.78. The molecule has 0 saturated carbocycles. The van der Waals surface area contributed by atoms with Crippen LogP contribution in [0.3, 0.4) is 0 Å². The number of ether oxygens (including phenoxy) is 1. The highest BCUT2D eigenvalue weighted by atomic mass is 35.7. The molecule has 0 radical (unpaired) electrons. The molecule has 0 amide bonds. The molecule has 76 valence electrons. The van der Waals surface area contributed by atoms with Crippen LogP contribution in [0.1, 0.15) is 18.4 Å². The van der Waals surface area contributed by atoms with Crippen molar-refractivity contribution in [2.75, 3.05) is 6.61 Å². The Balaban J connectivity index is 2.56. The highest BCUT2D eigenvalue weighted by Gasteiger charge is 2.24. The molecule has 1 unspecified atom stereocenters. The number of hydrogen-bond donors (Lipinski definition) is 0. The van der Waals surface area contributed by atoms with Crippen molar-refractivity contribution in [2.24, 2.45) is 0 Å². The zero-order valence-electron chi connectivity index (χ0n) is 7.40. The van der Waals surface area contributed by atoms with Gasteiger partial charge in [-0.1, -0.05) is 6.92 Å². The average molecular weight is 234 g/mol. The molecule has 1 aromatic heterocycles. The van der Waals surface area contributed by atoms with Gasteiger partial charge in [0, 0.05) is 22.2 Å². The smallest absolute Gasteiger partial charge is 0.262 e.